The first-order valence-electron chi connectivity index (χ1n) is 5.85. The molecule has 0 unspecified atom stereocenters. The number of rotatable bonds is 4. The van der Waals surface area contributed by atoms with E-state index >= 15 is 0 Å². The summed E-state index contributed by atoms with van der Waals surface area (Å²) in [6, 6.07) is 12.6. The van der Waals surface area contributed by atoms with E-state index in [1.54, 1.807) is 12.1 Å². The van der Waals surface area contributed by atoms with E-state index < -0.39 is 7.60 Å². The normalized spacial score (nSPS) is 11.4. The predicted octanol–water partition coefficient (Wildman–Crippen LogP) is 3.06. The molecule has 0 aliphatic rings. The third kappa shape index (κ3) is 3.30. The van der Waals surface area contributed by atoms with Gasteiger partial charge in [-0.25, -0.2) is 0 Å². The van der Waals surface area contributed by atoms with Crippen LogP contribution < -0.4 is 10.0 Å². The summed E-state index contributed by atoms with van der Waals surface area (Å²) in [5.41, 5.74) is 2.77. The first-order chi connectivity index (χ1) is 9.45. The maximum atomic E-state index is 11.5. The zero-order chi connectivity index (χ0) is 14.8. The lowest BCUT2D eigenvalue weighted by atomic mass is 10.0. The molecule has 0 aromatic heterocycles. The Morgan fingerprint density at radius 3 is 2.20 bits per heavy atom. The zero-order valence-electron chi connectivity index (χ0n) is 10.8. The molecule has 0 saturated carbocycles. The second-order valence-electron chi connectivity index (χ2n) is 4.26. The zero-order valence-corrected chi connectivity index (χ0v) is 13.3. The highest BCUT2D eigenvalue weighted by molar-refractivity contribution is 9.08. The summed E-state index contributed by atoms with van der Waals surface area (Å²) in [6.07, 6.45) is 0. The molecule has 0 fully saturated rings. The van der Waals surface area contributed by atoms with Crippen molar-refractivity contribution >= 4 is 28.8 Å². The van der Waals surface area contributed by atoms with E-state index in [0.717, 1.165) is 22.0 Å². The minimum atomic E-state index is -4.37. The number of methoxy groups -OCH3 is 1. The van der Waals surface area contributed by atoms with Gasteiger partial charge in [0.2, 0.25) is 0 Å². The quantitative estimate of drug-likeness (QED) is 0.652. The van der Waals surface area contributed by atoms with Crippen LogP contribution in [0.1, 0.15) is 5.56 Å². The fourth-order valence-corrected chi connectivity index (χ4v) is 3.02. The molecule has 0 atom stereocenters. The maximum Gasteiger partial charge on any atom is 0.359 e. The molecule has 0 heterocycles. The number of halogens is 1. The molecule has 2 aromatic carbocycles. The summed E-state index contributed by atoms with van der Waals surface area (Å²) >= 11 is 3.38. The lowest BCUT2D eigenvalue weighted by Crippen LogP contribution is -2.08. The molecule has 106 valence electrons. The lowest BCUT2D eigenvalue weighted by molar-refractivity contribution is 0.380. The van der Waals surface area contributed by atoms with Crippen LogP contribution >= 0.6 is 23.5 Å². The summed E-state index contributed by atoms with van der Waals surface area (Å²) in [5, 5.41) is 0.672. The van der Waals surface area contributed by atoms with E-state index in [4.69, 9.17) is 4.74 Å². The van der Waals surface area contributed by atoms with Crippen molar-refractivity contribution in [3.63, 3.8) is 0 Å². The van der Waals surface area contributed by atoms with Gasteiger partial charge in [0.1, 0.15) is 11.1 Å². The maximum absolute atomic E-state index is 11.5. The van der Waals surface area contributed by atoms with Crippen molar-refractivity contribution in [1.29, 1.82) is 0 Å². The Morgan fingerprint density at radius 1 is 1.10 bits per heavy atom. The first kappa shape index (κ1) is 15.3. The largest absolute Gasteiger partial charge is 0.496 e. The van der Waals surface area contributed by atoms with Gasteiger partial charge in [0.05, 0.1) is 7.11 Å². The van der Waals surface area contributed by atoms with Crippen molar-refractivity contribution in [2.75, 3.05) is 7.11 Å². The number of alkyl halides is 1. The summed E-state index contributed by atoms with van der Waals surface area (Å²) < 4.78 is 16.5. The van der Waals surface area contributed by atoms with Crippen LogP contribution in [0.4, 0.5) is 0 Å². The molecule has 0 bridgehead atoms. The van der Waals surface area contributed by atoms with Gasteiger partial charge in [-0.15, -0.1) is 0 Å². The van der Waals surface area contributed by atoms with E-state index in [1.807, 2.05) is 24.3 Å². The average Bonchev–Trinajstić information content (AvgIpc) is 2.46. The van der Waals surface area contributed by atoms with Crippen molar-refractivity contribution in [3.05, 3.63) is 48.0 Å². The molecule has 0 spiro atoms. The highest BCUT2D eigenvalue weighted by atomic mass is 79.9. The van der Waals surface area contributed by atoms with E-state index in [9.17, 15) is 14.4 Å². The highest BCUT2D eigenvalue weighted by Gasteiger charge is 2.23. The number of ether oxygens (including phenoxy) is 1. The monoisotopic (exact) mass is 356 g/mol. The molecule has 6 heteroatoms. The van der Waals surface area contributed by atoms with Gasteiger partial charge in [0.15, 0.2) is 0 Å². The molecular formula is C14H14BrO4P. The smallest absolute Gasteiger partial charge is 0.359 e. The van der Waals surface area contributed by atoms with Gasteiger partial charge >= 0.3 is 7.60 Å². The van der Waals surface area contributed by atoms with Crippen LogP contribution in [0.25, 0.3) is 11.1 Å². The van der Waals surface area contributed by atoms with Gasteiger partial charge in [0, 0.05) is 5.33 Å². The predicted molar refractivity (Wildman–Crippen MR) is 82.7 cm³/mol. The lowest BCUT2D eigenvalue weighted by Gasteiger charge is -2.12. The molecule has 2 rings (SSSR count). The molecular weight excluding hydrogens is 343 g/mol. The topological polar surface area (TPSA) is 66.8 Å². The molecule has 0 amide bonds. The fraction of sp³-hybridized carbons (Fsp3) is 0.143. The standard InChI is InChI=1S/C14H14BrO4P/c1-19-13-7-6-12(8-14(13)20(16,17)18)11-4-2-10(9-15)3-5-11/h2-8H,9H2,1H3,(H2,16,17,18). The van der Waals surface area contributed by atoms with Crippen LogP contribution in [0.3, 0.4) is 0 Å². The van der Waals surface area contributed by atoms with Crippen molar-refractivity contribution in [2.24, 2.45) is 0 Å². The van der Waals surface area contributed by atoms with Crippen LogP contribution in [-0.4, -0.2) is 16.9 Å². The Balaban J connectivity index is 2.49. The average molecular weight is 357 g/mol. The summed E-state index contributed by atoms with van der Waals surface area (Å²) in [4.78, 5) is 18.8. The fourth-order valence-electron chi connectivity index (χ4n) is 1.88. The van der Waals surface area contributed by atoms with Gasteiger partial charge in [-0.3, -0.25) is 4.57 Å². The second-order valence-corrected chi connectivity index (χ2v) is 6.39. The van der Waals surface area contributed by atoms with Crippen LogP contribution in [0, 0.1) is 0 Å². The van der Waals surface area contributed by atoms with Crippen molar-refractivity contribution in [2.45, 2.75) is 5.33 Å². The summed E-state index contributed by atoms with van der Waals surface area (Å²) in [5.74, 6) is 0.194. The van der Waals surface area contributed by atoms with E-state index in [-0.39, 0.29) is 11.1 Å². The van der Waals surface area contributed by atoms with Gasteiger partial charge in [-0.1, -0.05) is 46.3 Å². The van der Waals surface area contributed by atoms with Crippen molar-refractivity contribution < 1.29 is 19.1 Å². The van der Waals surface area contributed by atoms with E-state index in [1.165, 1.54) is 13.2 Å². The minimum absolute atomic E-state index is 0.0953. The Hall–Kier alpha value is -1.13. The molecule has 2 aromatic rings. The Kier molecular flexibility index (Phi) is 4.66. The number of benzene rings is 2. The SMILES string of the molecule is COc1ccc(-c2ccc(CBr)cc2)cc1P(=O)(O)O. The highest BCUT2D eigenvalue weighted by Crippen LogP contribution is 2.38. The van der Waals surface area contributed by atoms with E-state index in [2.05, 4.69) is 15.9 Å². The van der Waals surface area contributed by atoms with Crippen LogP contribution in [-0.2, 0) is 9.90 Å². The molecule has 4 nitrogen and oxygen atoms in total. The van der Waals surface area contributed by atoms with Gasteiger partial charge in [0.25, 0.3) is 0 Å². The van der Waals surface area contributed by atoms with Crippen LogP contribution in [0.15, 0.2) is 42.5 Å². The third-order valence-electron chi connectivity index (χ3n) is 2.93. The molecule has 0 aliphatic heterocycles. The summed E-state index contributed by atoms with van der Waals surface area (Å²) in [7, 11) is -2.98. The van der Waals surface area contributed by atoms with Crippen molar-refractivity contribution in [3.8, 4) is 16.9 Å². The Bertz CT molecular complexity index is 649. The molecule has 0 aliphatic carbocycles. The van der Waals surface area contributed by atoms with Crippen LogP contribution in [0.5, 0.6) is 5.75 Å². The Labute approximate surface area is 125 Å². The second kappa shape index (κ2) is 6.10. The van der Waals surface area contributed by atoms with Crippen LogP contribution in [0.2, 0.25) is 0 Å². The molecule has 0 saturated heterocycles. The van der Waals surface area contributed by atoms with Crippen molar-refractivity contribution in [1.82, 2.24) is 0 Å². The summed E-state index contributed by atoms with van der Waals surface area (Å²) in [6.45, 7) is 0. The Morgan fingerprint density at radius 2 is 1.70 bits per heavy atom. The van der Waals surface area contributed by atoms with Gasteiger partial charge < -0.3 is 14.5 Å². The molecule has 20 heavy (non-hydrogen) atoms. The van der Waals surface area contributed by atoms with E-state index in [0.29, 0.717) is 0 Å². The molecule has 0 radical (unpaired) electrons. The van der Waals surface area contributed by atoms with Gasteiger partial charge in [-0.05, 0) is 28.8 Å². The minimum Gasteiger partial charge on any atom is -0.496 e. The third-order valence-corrected chi connectivity index (χ3v) is 4.56. The first-order valence-corrected chi connectivity index (χ1v) is 8.58. The molecule has 2 N–H and O–H groups in total. The number of hydrogen-bond acceptors (Lipinski definition) is 2. The van der Waals surface area contributed by atoms with Gasteiger partial charge in [-0.2, -0.15) is 0 Å². The number of hydrogen-bond donors (Lipinski definition) is 2.